The van der Waals surface area contributed by atoms with Gasteiger partial charge in [0.2, 0.25) is 5.78 Å². The maximum Gasteiger partial charge on any atom is 0.339 e. The van der Waals surface area contributed by atoms with E-state index in [0.717, 1.165) is 5.56 Å². The van der Waals surface area contributed by atoms with E-state index >= 15 is 0 Å². The summed E-state index contributed by atoms with van der Waals surface area (Å²) >= 11 is 5.95. The van der Waals surface area contributed by atoms with Gasteiger partial charge in [0.25, 0.3) is 0 Å². The average Bonchev–Trinajstić information content (AvgIpc) is 3.04. The lowest BCUT2D eigenvalue weighted by molar-refractivity contribution is -0.0241. The number of hydrogen-bond acceptors (Lipinski definition) is 4. The maximum absolute atomic E-state index is 13.5. The van der Waals surface area contributed by atoms with E-state index in [1.54, 1.807) is 48.5 Å². The van der Waals surface area contributed by atoms with Crippen molar-refractivity contribution in [3.63, 3.8) is 0 Å². The van der Waals surface area contributed by atoms with E-state index in [1.165, 1.54) is 0 Å². The van der Waals surface area contributed by atoms with Crippen LogP contribution in [0.3, 0.4) is 0 Å². The van der Waals surface area contributed by atoms with E-state index in [1.807, 2.05) is 24.3 Å². The third kappa shape index (κ3) is 2.79. The quantitative estimate of drug-likeness (QED) is 0.443. The fourth-order valence-corrected chi connectivity index (χ4v) is 4.72. The number of Topliss-reactive ketones (excluding diaryl/α,β-unsaturated/α-hetero) is 2. The predicted octanol–water partition coefficient (Wildman–Crippen LogP) is 5.04. The molecule has 1 heterocycles. The minimum atomic E-state index is -1.41. The number of rotatable bonds is 3. The Labute approximate surface area is 178 Å². The summed E-state index contributed by atoms with van der Waals surface area (Å²) in [6.07, 6.45) is 0.312. The number of fused-ring (bicyclic) bond motifs is 2. The third-order valence-corrected chi connectivity index (χ3v) is 6.30. The Kier molecular flexibility index (Phi) is 4.33. The Morgan fingerprint density at radius 3 is 2.33 bits per heavy atom. The van der Waals surface area contributed by atoms with Crippen molar-refractivity contribution < 1.29 is 19.1 Å². The van der Waals surface area contributed by atoms with Gasteiger partial charge in [0, 0.05) is 34.9 Å². The first-order valence-electron chi connectivity index (χ1n) is 9.73. The topological polar surface area (TPSA) is 60.4 Å². The van der Waals surface area contributed by atoms with Gasteiger partial charge in [-0.25, -0.2) is 4.79 Å². The molecule has 0 radical (unpaired) electrons. The molecule has 0 saturated heterocycles. The van der Waals surface area contributed by atoms with E-state index in [0.29, 0.717) is 27.3 Å². The summed E-state index contributed by atoms with van der Waals surface area (Å²) in [7, 11) is 0. The molecule has 1 aliphatic heterocycles. The molecule has 1 aliphatic carbocycles. The van der Waals surface area contributed by atoms with Crippen LogP contribution in [0.1, 0.15) is 54.5 Å². The molecule has 0 bridgehead atoms. The molecule has 3 aromatic carbocycles. The monoisotopic (exact) mass is 416 g/mol. The molecular weight excluding hydrogens is 400 g/mol. The molecule has 0 N–H and O–H groups in total. The van der Waals surface area contributed by atoms with Gasteiger partial charge in [-0.15, -0.1) is 0 Å². The van der Waals surface area contributed by atoms with Crippen LogP contribution in [0.5, 0.6) is 0 Å². The van der Waals surface area contributed by atoms with E-state index in [4.69, 9.17) is 16.3 Å². The highest BCUT2D eigenvalue weighted by Crippen LogP contribution is 2.49. The van der Waals surface area contributed by atoms with Crippen molar-refractivity contribution in [1.29, 1.82) is 0 Å². The smallest absolute Gasteiger partial charge is 0.339 e. The highest BCUT2D eigenvalue weighted by Gasteiger charge is 2.58. The second-order valence-corrected chi connectivity index (χ2v) is 8.15. The zero-order valence-electron chi connectivity index (χ0n) is 15.9. The second-order valence-electron chi connectivity index (χ2n) is 7.72. The molecule has 1 spiro atoms. The lowest BCUT2D eigenvalue weighted by atomic mass is 9.72. The fraction of sp³-hybridized carbons (Fsp3) is 0.160. The van der Waals surface area contributed by atoms with Crippen LogP contribution in [0.15, 0.2) is 72.8 Å². The molecule has 0 amide bonds. The van der Waals surface area contributed by atoms with Crippen LogP contribution in [-0.2, 0) is 11.2 Å². The van der Waals surface area contributed by atoms with Crippen molar-refractivity contribution >= 4 is 29.1 Å². The number of ether oxygens (including phenoxy) is 1. The average molecular weight is 417 g/mol. The molecule has 30 heavy (non-hydrogen) atoms. The largest absolute Gasteiger partial charge is 0.446 e. The van der Waals surface area contributed by atoms with Crippen molar-refractivity contribution in [3.05, 3.63) is 106 Å². The molecule has 0 saturated carbocycles. The summed E-state index contributed by atoms with van der Waals surface area (Å²) in [5.41, 5.74) is 1.56. The molecule has 0 fully saturated rings. The van der Waals surface area contributed by atoms with E-state index in [-0.39, 0.29) is 24.4 Å². The lowest BCUT2D eigenvalue weighted by Crippen LogP contribution is -2.50. The van der Waals surface area contributed by atoms with Gasteiger partial charge in [-0.2, -0.15) is 0 Å². The molecule has 3 aromatic rings. The third-order valence-electron chi connectivity index (χ3n) is 6.05. The summed E-state index contributed by atoms with van der Waals surface area (Å²) in [5, 5.41) is 0.543. The van der Waals surface area contributed by atoms with Crippen LogP contribution < -0.4 is 0 Å². The number of hydrogen-bond donors (Lipinski definition) is 0. The minimum absolute atomic E-state index is 0.0473. The minimum Gasteiger partial charge on any atom is -0.446 e. The number of benzene rings is 3. The summed E-state index contributed by atoms with van der Waals surface area (Å²) < 4.78 is 5.86. The number of ketones is 2. The first kappa shape index (κ1) is 18.8. The van der Waals surface area contributed by atoms with Crippen molar-refractivity contribution in [1.82, 2.24) is 0 Å². The molecule has 5 heteroatoms. The SMILES string of the molecule is O=C(C[C@H]1c2ccccc2C(=O)O[C@]12Cc1ccccc1C2=O)c1ccc(Cl)cc1. The maximum atomic E-state index is 13.5. The van der Waals surface area contributed by atoms with Gasteiger partial charge in [-0.3, -0.25) is 9.59 Å². The number of carbonyl (C=O) groups is 3. The Balaban J connectivity index is 1.62. The highest BCUT2D eigenvalue weighted by atomic mass is 35.5. The molecular formula is C25H17ClO4. The van der Waals surface area contributed by atoms with E-state index in [2.05, 4.69) is 0 Å². The van der Waals surface area contributed by atoms with Crippen LogP contribution in [-0.4, -0.2) is 23.1 Å². The van der Waals surface area contributed by atoms with Crippen molar-refractivity contribution in [2.45, 2.75) is 24.4 Å². The van der Waals surface area contributed by atoms with Crippen molar-refractivity contribution in [2.75, 3.05) is 0 Å². The zero-order chi connectivity index (χ0) is 20.9. The van der Waals surface area contributed by atoms with Gasteiger partial charge in [0.1, 0.15) is 0 Å². The number of carbonyl (C=O) groups excluding carboxylic acids is 3. The predicted molar refractivity (Wildman–Crippen MR) is 112 cm³/mol. The van der Waals surface area contributed by atoms with Crippen LogP contribution in [0, 0.1) is 0 Å². The first-order valence-corrected chi connectivity index (χ1v) is 10.1. The Morgan fingerprint density at radius 1 is 0.933 bits per heavy atom. The van der Waals surface area contributed by atoms with Gasteiger partial charge in [0.15, 0.2) is 11.4 Å². The Hall–Kier alpha value is -3.24. The van der Waals surface area contributed by atoms with Crippen molar-refractivity contribution in [3.8, 4) is 0 Å². The summed E-state index contributed by atoms with van der Waals surface area (Å²) in [4.78, 5) is 39.4. The number of halogens is 1. The molecule has 5 rings (SSSR count). The fourth-order valence-electron chi connectivity index (χ4n) is 4.59. The van der Waals surface area contributed by atoms with Gasteiger partial charge in [0.05, 0.1) is 5.56 Å². The summed E-state index contributed by atoms with van der Waals surface area (Å²) in [6, 6.07) is 21.0. The molecule has 148 valence electrons. The molecule has 0 aromatic heterocycles. The van der Waals surface area contributed by atoms with Crippen LogP contribution in [0.4, 0.5) is 0 Å². The summed E-state index contributed by atoms with van der Waals surface area (Å²) in [6.45, 7) is 0. The van der Waals surface area contributed by atoms with E-state index in [9.17, 15) is 14.4 Å². The first-order chi connectivity index (χ1) is 14.5. The molecule has 2 aliphatic rings. The van der Waals surface area contributed by atoms with Crippen LogP contribution in [0.25, 0.3) is 0 Å². The second kappa shape index (κ2) is 6.92. The van der Waals surface area contributed by atoms with Gasteiger partial charge in [-0.1, -0.05) is 54.1 Å². The lowest BCUT2D eigenvalue weighted by Gasteiger charge is -2.40. The van der Waals surface area contributed by atoms with Gasteiger partial charge in [-0.05, 0) is 41.5 Å². The van der Waals surface area contributed by atoms with Crippen LogP contribution >= 0.6 is 11.6 Å². The summed E-state index contributed by atoms with van der Waals surface area (Å²) in [5.74, 6) is -1.47. The Morgan fingerprint density at radius 2 is 1.60 bits per heavy atom. The van der Waals surface area contributed by atoms with Gasteiger partial charge >= 0.3 is 5.97 Å². The standard InChI is InChI=1S/C25H17ClO4/c26-17-11-9-15(10-12-17)22(27)13-21-19-7-3-4-8-20(19)24(29)30-25(21)14-16-5-1-2-6-18(16)23(25)28/h1-12,21H,13-14H2/t21-,25+/m0/s1. The van der Waals surface area contributed by atoms with Gasteiger partial charge < -0.3 is 4.74 Å². The van der Waals surface area contributed by atoms with Crippen molar-refractivity contribution in [2.24, 2.45) is 0 Å². The molecule has 2 atom stereocenters. The number of esters is 1. The molecule has 4 nitrogen and oxygen atoms in total. The molecule has 0 unspecified atom stereocenters. The zero-order valence-corrected chi connectivity index (χ0v) is 16.7. The highest BCUT2D eigenvalue weighted by molar-refractivity contribution is 6.30. The normalized spacial score (nSPS) is 21.8. The Bertz CT molecular complexity index is 1200. The van der Waals surface area contributed by atoms with E-state index < -0.39 is 17.5 Å². The van der Waals surface area contributed by atoms with Crippen LogP contribution in [0.2, 0.25) is 5.02 Å².